The molecule has 0 unspecified atom stereocenters. The van der Waals surface area contributed by atoms with Crippen LogP contribution in [0.5, 0.6) is 0 Å². The molecule has 6 nitrogen and oxygen atoms in total. The summed E-state index contributed by atoms with van der Waals surface area (Å²) in [5.41, 5.74) is 0.162. The van der Waals surface area contributed by atoms with Crippen molar-refractivity contribution in [2.24, 2.45) is 11.3 Å². The van der Waals surface area contributed by atoms with E-state index in [0.717, 1.165) is 50.9 Å². The highest BCUT2D eigenvalue weighted by Crippen LogP contribution is 2.48. The van der Waals surface area contributed by atoms with Crippen LogP contribution < -0.4 is 9.62 Å². The second kappa shape index (κ2) is 9.54. The number of pyridine rings is 1. The molecule has 0 saturated carbocycles. The van der Waals surface area contributed by atoms with Crippen molar-refractivity contribution < 1.29 is 21.6 Å². The lowest BCUT2D eigenvalue weighted by Gasteiger charge is -2.41. The molecule has 2 aliphatic rings. The van der Waals surface area contributed by atoms with Gasteiger partial charge in [-0.2, -0.15) is 4.39 Å². The van der Waals surface area contributed by atoms with Crippen LogP contribution in [-0.2, 0) is 10.0 Å². The van der Waals surface area contributed by atoms with Crippen molar-refractivity contribution in [3.63, 3.8) is 0 Å². The molecule has 1 aromatic heterocycles. The maximum absolute atomic E-state index is 15.2. The number of sulfonamides is 1. The minimum absolute atomic E-state index is 0.0207. The van der Waals surface area contributed by atoms with Gasteiger partial charge in [-0.15, -0.1) is 0 Å². The molecule has 1 aromatic carbocycles. The van der Waals surface area contributed by atoms with E-state index in [9.17, 15) is 12.8 Å². The van der Waals surface area contributed by atoms with Crippen LogP contribution in [0.15, 0.2) is 29.2 Å². The third kappa shape index (κ3) is 4.72. The standard InChI is InChI=1S/C23H28ClF3N4O2S/c1-3-23(15-7-10-30(2)11-8-15)9-12-31(14-23)17-13-16(25)22(21(27)20(17)24)34(32,33)29-19-6-4-5-18(26)28-19/h4-6,13,15H,3,7-12,14H2,1-2H3,(H,28,29)/t23-/m1/s1. The van der Waals surface area contributed by atoms with E-state index in [2.05, 4.69) is 23.9 Å². The highest BCUT2D eigenvalue weighted by molar-refractivity contribution is 7.92. The Kier molecular flexibility index (Phi) is 7.04. The Bertz CT molecular complexity index is 1180. The Morgan fingerprint density at radius 3 is 2.56 bits per heavy atom. The van der Waals surface area contributed by atoms with Gasteiger partial charge in [0.15, 0.2) is 10.7 Å². The molecule has 0 spiro atoms. The number of benzene rings is 1. The molecule has 11 heteroatoms. The van der Waals surface area contributed by atoms with E-state index in [-0.39, 0.29) is 11.1 Å². The van der Waals surface area contributed by atoms with Crippen LogP contribution in [0.2, 0.25) is 5.02 Å². The molecule has 2 fully saturated rings. The molecule has 186 valence electrons. The first-order valence-corrected chi connectivity index (χ1v) is 13.2. The number of aromatic nitrogens is 1. The zero-order valence-electron chi connectivity index (χ0n) is 19.1. The van der Waals surface area contributed by atoms with Crippen LogP contribution in [0.25, 0.3) is 0 Å². The van der Waals surface area contributed by atoms with Crippen molar-refractivity contribution in [3.05, 3.63) is 46.9 Å². The quantitative estimate of drug-likeness (QED) is 0.437. The summed E-state index contributed by atoms with van der Waals surface area (Å²) in [6, 6.07) is 4.38. The van der Waals surface area contributed by atoms with Crippen LogP contribution in [0.3, 0.4) is 0 Å². The number of rotatable bonds is 6. The van der Waals surface area contributed by atoms with Crippen molar-refractivity contribution in [2.45, 2.75) is 37.5 Å². The number of piperidine rings is 1. The zero-order valence-corrected chi connectivity index (χ0v) is 20.7. The van der Waals surface area contributed by atoms with Gasteiger partial charge in [-0.05, 0) is 69.3 Å². The number of likely N-dealkylation sites (tertiary alicyclic amines) is 1. The molecule has 34 heavy (non-hydrogen) atoms. The van der Waals surface area contributed by atoms with Crippen LogP contribution in [-0.4, -0.2) is 51.5 Å². The van der Waals surface area contributed by atoms with Crippen molar-refractivity contribution in [1.29, 1.82) is 0 Å². The normalized spacial score (nSPS) is 22.4. The number of hydrogen-bond donors (Lipinski definition) is 1. The fraction of sp³-hybridized carbons (Fsp3) is 0.522. The number of anilines is 2. The summed E-state index contributed by atoms with van der Waals surface area (Å²) in [6.07, 6.45) is 3.97. The zero-order chi connectivity index (χ0) is 24.7. The van der Waals surface area contributed by atoms with Gasteiger partial charge in [0.2, 0.25) is 5.95 Å². The smallest absolute Gasteiger partial charge is 0.268 e. The first-order valence-electron chi connectivity index (χ1n) is 11.3. The van der Waals surface area contributed by atoms with Gasteiger partial charge in [-0.3, -0.25) is 4.72 Å². The molecule has 0 amide bonds. The highest BCUT2D eigenvalue weighted by atomic mass is 35.5. The van der Waals surface area contributed by atoms with Gasteiger partial charge >= 0.3 is 0 Å². The lowest BCUT2D eigenvalue weighted by molar-refractivity contribution is 0.0979. The van der Waals surface area contributed by atoms with Crippen molar-refractivity contribution in [1.82, 2.24) is 9.88 Å². The van der Waals surface area contributed by atoms with Crippen molar-refractivity contribution in [3.8, 4) is 0 Å². The SMILES string of the molecule is CC[C@@]1(C2CCN(C)CC2)CCN(c2cc(F)c(S(=O)(=O)Nc3cccc(F)n3)c(F)c2Cl)C1. The van der Waals surface area contributed by atoms with E-state index in [1.54, 1.807) is 0 Å². The monoisotopic (exact) mass is 516 g/mol. The van der Waals surface area contributed by atoms with E-state index < -0.39 is 43.3 Å². The summed E-state index contributed by atoms with van der Waals surface area (Å²) in [5, 5.41) is -0.454. The summed E-state index contributed by atoms with van der Waals surface area (Å²) >= 11 is 6.27. The van der Waals surface area contributed by atoms with Gasteiger partial charge < -0.3 is 9.80 Å². The Hall–Kier alpha value is -2.04. The highest BCUT2D eigenvalue weighted by Gasteiger charge is 2.44. The Balaban J connectivity index is 1.61. The molecule has 2 saturated heterocycles. The first kappa shape index (κ1) is 25.1. The van der Waals surface area contributed by atoms with E-state index >= 15 is 8.78 Å². The van der Waals surface area contributed by atoms with Gasteiger partial charge in [0.1, 0.15) is 16.7 Å². The molecule has 2 aliphatic heterocycles. The fourth-order valence-corrected chi connectivity index (χ4v) is 6.80. The minimum Gasteiger partial charge on any atom is -0.370 e. The number of hydrogen-bond acceptors (Lipinski definition) is 5. The van der Waals surface area contributed by atoms with Crippen LogP contribution in [0.4, 0.5) is 24.7 Å². The lowest BCUT2D eigenvalue weighted by atomic mass is 9.68. The molecular formula is C23H28ClF3N4O2S. The lowest BCUT2D eigenvalue weighted by Crippen LogP contribution is -2.41. The molecule has 0 aliphatic carbocycles. The average Bonchev–Trinajstić information content (AvgIpc) is 3.22. The van der Waals surface area contributed by atoms with E-state index in [1.807, 2.05) is 9.62 Å². The van der Waals surface area contributed by atoms with Gasteiger partial charge in [-0.25, -0.2) is 22.2 Å². The summed E-state index contributed by atoms with van der Waals surface area (Å²) < 4.78 is 70.9. The maximum atomic E-state index is 15.2. The predicted octanol–water partition coefficient (Wildman–Crippen LogP) is 4.90. The molecule has 0 radical (unpaired) electrons. The van der Waals surface area contributed by atoms with Crippen molar-refractivity contribution >= 4 is 33.1 Å². The van der Waals surface area contributed by atoms with Crippen molar-refractivity contribution in [2.75, 3.05) is 42.8 Å². The van der Waals surface area contributed by atoms with Crippen LogP contribution in [0, 0.1) is 28.9 Å². The van der Waals surface area contributed by atoms with Gasteiger partial charge in [-0.1, -0.05) is 24.6 Å². The number of halogens is 4. The average molecular weight is 517 g/mol. The molecule has 1 atom stereocenters. The molecule has 4 rings (SSSR count). The number of nitrogens with one attached hydrogen (secondary N) is 1. The molecule has 0 bridgehead atoms. The molecular weight excluding hydrogens is 489 g/mol. The molecule has 2 aromatic rings. The maximum Gasteiger partial charge on any atom is 0.268 e. The van der Waals surface area contributed by atoms with Gasteiger partial charge in [0.05, 0.1) is 5.69 Å². The van der Waals surface area contributed by atoms with E-state index in [4.69, 9.17) is 11.6 Å². The first-order chi connectivity index (χ1) is 16.1. The third-order valence-electron chi connectivity index (χ3n) is 7.33. The van der Waals surface area contributed by atoms with E-state index in [1.165, 1.54) is 12.1 Å². The van der Waals surface area contributed by atoms with E-state index in [0.29, 0.717) is 19.0 Å². The van der Waals surface area contributed by atoms with Crippen LogP contribution in [0.1, 0.15) is 32.6 Å². The largest absolute Gasteiger partial charge is 0.370 e. The summed E-state index contributed by atoms with van der Waals surface area (Å²) in [5.74, 6) is -3.48. The Labute approximate surface area is 203 Å². The summed E-state index contributed by atoms with van der Waals surface area (Å²) in [7, 11) is -2.63. The predicted molar refractivity (Wildman–Crippen MR) is 126 cm³/mol. The fourth-order valence-electron chi connectivity index (χ4n) is 5.33. The Morgan fingerprint density at radius 2 is 1.91 bits per heavy atom. The second-order valence-corrected chi connectivity index (χ2v) is 11.2. The summed E-state index contributed by atoms with van der Waals surface area (Å²) in [6.45, 7) is 5.38. The van der Waals surface area contributed by atoms with Gasteiger partial charge in [0, 0.05) is 19.2 Å². The summed E-state index contributed by atoms with van der Waals surface area (Å²) in [4.78, 5) is 6.32. The Morgan fingerprint density at radius 1 is 1.21 bits per heavy atom. The topological polar surface area (TPSA) is 65.5 Å². The second-order valence-electron chi connectivity index (χ2n) is 9.25. The number of nitrogens with zero attached hydrogens (tertiary/aromatic N) is 3. The molecule has 3 heterocycles. The third-order valence-corrected chi connectivity index (χ3v) is 9.08. The molecule has 1 N–H and O–H groups in total. The minimum atomic E-state index is -4.74. The van der Waals surface area contributed by atoms with Crippen LogP contribution >= 0.6 is 11.6 Å². The van der Waals surface area contributed by atoms with Gasteiger partial charge in [0.25, 0.3) is 10.0 Å².